The van der Waals surface area contributed by atoms with Gasteiger partial charge in [-0.1, -0.05) is 49.7 Å². The molecule has 3 N–H and O–H groups in total. The van der Waals surface area contributed by atoms with Gasteiger partial charge in [-0.2, -0.15) is 0 Å². The van der Waals surface area contributed by atoms with Crippen LogP contribution in [0.1, 0.15) is 71.2 Å². The first kappa shape index (κ1) is 30.2. The van der Waals surface area contributed by atoms with E-state index < -0.39 is 41.1 Å². The molecule has 0 saturated carbocycles. The summed E-state index contributed by atoms with van der Waals surface area (Å²) in [4.78, 5) is 41.1. The molecule has 204 valence electrons. The van der Waals surface area contributed by atoms with Crippen molar-refractivity contribution in [2.45, 2.75) is 84.5 Å². The van der Waals surface area contributed by atoms with Crippen LogP contribution in [0.4, 0.5) is 4.79 Å². The zero-order chi connectivity index (χ0) is 28.7. The second kappa shape index (κ2) is 12.5. The number of hydrogen-bond donors (Lipinski definition) is 3. The summed E-state index contributed by atoms with van der Waals surface area (Å²) in [5, 5.41) is 15.2. The third-order valence-electron chi connectivity index (χ3n) is 5.45. The minimum Gasteiger partial charge on any atom is -0.508 e. The molecule has 2 aromatic carbocycles. The van der Waals surface area contributed by atoms with Gasteiger partial charge in [0.05, 0.1) is 0 Å². The molecule has 0 fully saturated rings. The van der Waals surface area contributed by atoms with Crippen molar-refractivity contribution in [3.8, 4) is 18.2 Å². The number of aromatic hydroxyl groups is 1. The zero-order valence-electron chi connectivity index (χ0n) is 23.3. The van der Waals surface area contributed by atoms with Gasteiger partial charge < -0.3 is 20.5 Å². The fraction of sp³-hybridized carbons (Fsp3) is 0.433. The van der Waals surface area contributed by atoms with Gasteiger partial charge in [-0.05, 0) is 76.8 Å². The van der Waals surface area contributed by atoms with Gasteiger partial charge in [-0.3, -0.25) is 14.5 Å². The van der Waals surface area contributed by atoms with E-state index in [9.17, 15) is 19.5 Å². The number of amides is 3. The monoisotopic (exact) mass is 521 g/mol. The maximum Gasteiger partial charge on any atom is 0.408 e. The van der Waals surface area contributed by atoms with Crippen LogP contribution in [0.5, 0.6) is 5.75 Å². The molecule has 0 aliphatic rings. The summed E-state index contributed by atoms with van der Waals surface area (Å²) in [6.45, 7) is 12.7. The first-order valence-corrected chi connectivity index (χ1v) is 12.6. The number of phenols is 1. The Balaban J connectivity index is 2.51. The predicted molar refractivity (Wildman–Crippen MR) is 147 cm³/mol. The molecule has 0 aliphatic heterocycles. The average Bonchev–Trinajstić information content (AvgIpc) is 2.80. The number of rotatable bonds is 8. The first-order valence-electron chi connectivity index (χ1n) is 12.6. The van der Waals surface area contributed by atoms with Crippen LogP contribution in [-0.2, 0) is 27.2 Å². The van der Waals surface area contributed by atoms with Crippen LogP contribution in [0.3, 0.4) is 0 Å². The van der Waals surface area contributed by atoms with Gasteiger partial charge in [0, 0.05) is 18.0 Å². The van der Waals surface area contributed by atoms with Gasteiger partial charge >= 0.3 is 6.09 Å². The molecule has 2 rings (SSSR count). The van der Waals surface area contributed by atoms with Gasteiger partial charge in [0.2, 0.25) is 5.91 Å². The van der Waals surface area contributed by atoms with E-state index in [1.807, 2.05) is 39.8 Å². The van der Waals surface area contributed by atoms with E-state index in [0.717, 1.165) is 16.9 Å². The number of carbonyl (C=O) groups excluding carboxylic acids is 3. The van der Waals surface area contributed by atoms with Gasteiger partial charge in [-0.15, -0.1) is 0 Å². The minimum atomic E-state index is -1.15. The predicted octanol–water partition coefficient (Wildman–Crippen LogP) is 4.47. The number of nitrogens with zero attached hydrogens (tertiary/aromatic N) is 1. The van der Waals surface area contributed by atoms with Crippen LogP contribution in [0.15, 0.2) is 48.5 Å². The highest BCUT2D eigenvalue weighted by molar-refractivity contribution is 5.93. The number of benzene rings is 2. The molecular formula is C30H39N3O5. The molecule has 2 atom stereocenters. The first-order chi connectivity index (χ1) is 17.6. The van der Waals surface area contributed by atoms with E-state index in [2.05, 4.69) is 16.7 Å². The Hall–Kier alpha value is -3.99. The van der Waals surface area contributed by atoms with E-state index >= 15 is 0 Å². The molecule has 2 unspecified atom stereocenters. The molecule has 0 aromatic heterocycles. The quantitative estimate of drug-likeness (QED) is 0.351. The van der Waals surface area contributed by atoms with Crippen molar-refractivity contribution < 1.29 is 24.2 Å². The van der Waals surface area contributed by atoms with Crippen molar-refractivity contribution >= 4 is 17.9 Å². The molecule has 8 nitrogen and oxygen atoms in total. The highest BCUT2D eigenvalue weighted by atomic mass is 16.6. The molecule has 0 heterocycles. The highest BCUT2D eigenvalue weighted by Crippen LogP contribution is 2.25. The third kappa shape index (κ3) is 9.15. The Labute approximate surface area is 225 Å². The van der Waals surface area contributed by atoms with E-state index in [1.54, 1.807) is 45.0 Å². The number of carbonyl (C=O) groups is 3. The van der Waals surface area contributed by atoms with Crippen molar-refractivity contribution in [1.82, 2.24) is 15.5 Å². The number of alkyl carbamates (subject to hydrolysis) is 1. The Morgan fingerprint density at radius 1 is 0.974 bits per heavy atom. The van der Waals surface area contributed by atoms with Crippen molar-refractivity contribution in [2.75, 3.05) is 0 Å². The summed E-state index contributed by atoms with van der Waals surface area (Å²) in [6, 6.07) is 13.7. The standard InChI is InChI=1S/C30H39N3O5/c1-9-20-11-15-22(16-12-20)25(26(35)32-29(3,4)5)33(10-2)27(36)24(31-28(37)38-30(6,7)8)19-21-13-17-23(34)18-14-21/h2,11-18,24-25,34H,9,19H2,1,3-8H3,(H,31,37)(H,32,35). The van der Waals surface area contributed by atoms with Gasteiger partial charge in [0.1, 0.15) is 23.4 Å². The van der Waals surface area contributed by atoms with Crippen molar-refractivity contribution in [3.63, 3.8) is 0 Å². The summed E-state index contributed by atoms with van der Waals surface area (Å²) in [5.41, 5.74) is 0.896. The molecule has 0 bridgehead atoms. The van der Waals surface area contributed by atoms with E-state index in [-0.39, 0.29) is 12.2 Å². The number of phenolic OH excluding ortho intramolecular Hbond substituents is 1. The summed E-state index contributed by atoms with van der Waals surface area (Å²) >= 11 is 0. The maximum atomic E-state index is 13.9. The largest absolute Gasteiger partial charge is 0.508 e. The molecule has 2 aromatic rings. The van der Waals surface area contributed by atoms with Crippen molar-refractivity contribution in [1.29, 1.82) is 0 Å². The summed E-state index contributed by atoms with van der Waals surface area (Å²) in [5.74, 6) is -1.04. The lowest BCUT2D eigenvalue weighted by Gasteiger charge is -2.32. The Morgan fingerprint density at radius 2 is 1.53 bits per heavy atom. The molecule has 8 heteroatoms. The maximum absolute atomic E-state index is 13.9. The van der Waals surface area contributed by atoms with Gasteiger partial charge in [0.25, 0.3) is 5.91 Å². The number of ether oxygens (including phenoxy) is 1. The smallest absolute Gasteiger partial charge is 0.408 e. The normalized spacial score (nSPS) is 13.0. The average molecular weight is 522 g/mol. The van der Waals surface area contributed by atoms with Crippen LogP contribution < -0.4 is 10.6 Å². The molecular weight excluding hydrogens is 482 g/mol. The fourth-order valence-electron chi connectivity index (χ4n) is 3.74. The molecule has 3 amide bonds. The number of hydrogen-bond acceptors (Lipinski definition) is 5. The van der Waals surface area contributed by atoms with Crippen LogP contribution in [-0.4, -0.2) is 45.1 Å². The molecule has 0 aliphatic carbocycles. The van der Waals surface area contributed by atoms with Crippen LogP contribution in [0, 0.1) is 12.5 Å². The van der Waals surface area contributed by atoms with E-state index in [0.29, 0.717) is 11.1 Å². The number of terminal acetylenes is 1. The number of aryl methyl sites for hydroxylation is 1. The lowest BCUT2D eigenvalue weighted by molar-refractivity contribution is -0.139. The molecule has 38 heavy (non-hydrogen) atoms. The summed E-state index contributed by atoms with van der Waals surface area (Å²) < 4.78 is 5.38. The lowest BCUT2D eigenvalue weighted by Crippen LogP contribution is -2.53. The van der Waals surface area contributed by atoms with E-state index in [4.69, 9.17) is 11.2 Å². The lowest BCUT2D eigenvalue weighted by atomic mass is 9.98. The van der Waals surface area contributed by atoms with E-state index in [1.165, 1.54) is 12.1 Å². The number of nitrogens with one attached hydrogen (secondary N) is 2. The summed E-state index contributed by atoms with van der Waals surface area (Å²) in [7, 11) is 0. The topological polar surface area (TPSA) is 108 Å². The van der Waals surface area contributed by atoms with Crippen LogP contribution in [0.25, 0.3) is 0 Å². The Morgan fingerprint density at radius 3 is 2.00 bits per heavy atom. The zero-order valence-corrected chi connectivity index (χ0v) is 23.3. The second-order valence-corrected chi connectivity index (χ2v) is 11.1. The Kier molecular flexibility index (Phi) is 9.95. The second-order valence-electron chi connectivity index (χ2n) is 11.1. The highest BCUT2D eigenvalue weighted by Gasteiger charge is 2.37. The fourth-order valence-corrected chi connectivity index (χ4v) is 3.74. The molecule has 0 saturated heterocycles. The molecule has 0 spiro atoms. The van der Waals surface area contributed by atoms with Crippen LogP contribution >= 0.6 is 0 Å². The minimum absolute atomic E-state index is 0.0545. The van der Waals surface area contributed by atoms with Gasteiger partial charge in [-0.25, -0.2) is 4.79 Å². The third-order valence-corrected chi connectivity index (χ3v) is 5.45. The summed E-state index contributed by atoms with van der Waals surface area (Å²) in [6.07, 6.45) is 5.92. The van der Waals surface area contributed by atoms with Crippen molar-refractivity contribution in [2.24, 2.45) is 0 Å². The van der Waals surface area contributed by atoms with Crippen molar-refractivity contribution in [3.05, 3.63) is 65.2 Å². The Bertz CT molecular complexity index is 1150. The SMILES string of the molecule is C#CN(C(=O)C(Cc1ccc(O)cc1)NC(=O)OC(C)(C)C)C(C(=O)NC(C)(C)C)c1ccc(CC)cc1. The van der Waals surface area contributed by atoms with Gasteiger partial charge in [0.15, 0.2) is 0 Å². The molecule has 0 radical (unpaired) electrons. The van der Waals surface area contributed by atoms with Crippen LogP contribution in [0.2, 0.25) is 0 Å².